The topological polar surface area (TPSA) is 67.5 Å². The van der Waals surface area contributed by atoms with E-state index in [0.717, 1.165) is 11.1 Å². The number of halogens is 2. The van der Waals surface area contributed by atoms with Crippen LogP contribution in [-0.4, -0.2) is 25.7 Å². The molecule has 3 rings (SSSR count). The Bertz CT molecular complexity index is 874. The first-order valence-corrected chi connectivity index (χ1v) is 6.77. The highest BCUT2D eigenvalue weighted by atomic mass is 35.5. The number of nitrogens with zero attached hydrogens (tertiary/aromatic N) is 3. The van der Waals surface area contributed by atoms with Gasteiger partial charge in [-0.25, -0.2) is 4.79 Å². The standard InChI is InChI=1S/C14H9Cl2N3O2/c1-7-2-3-8(4-10(7)15)12-17-18-13-11(16)5-9(14(20)21)6-19(12)13/h2-6H,1H3,(H,20,21). The van der Waals surface area contributed by atoms with Crippen LogP contribution in [0, 0.1) is 6.92 Å². The summed E-state index contributed by atoms with van der Waals surface area (Å²) in [6.07, 6.45) is 1.44. The van der Waals surface area contributed by atoms with E-state index in [1.54, 1.807) is 10.5 Å². The third-order valence-corrected chi connectivity index (χ3v) is 3.82. The number of aromatic carboxylic acids is 1. The minimum absolute atomic E-state index is 0.0618. The molecular weight excluding hydrogens is 313 g/mol. The Balaban J connectivity index is 2.27. The van der Waals surface area contributed by atoms with Gasteiger partial charge in [0.05, 0.1) is 10.6 Å². The zero-order valence-electron chi connectivity index (χ0n) is 10.8. The summed E-state index contributed by atoms with van der Waals surface area (Å²) in [5, 5.41) is 18.0. The van der Waals surface area contributed by atoms with Crippen molar-refractivity contribution in [3.05, 3.63) is 51.6 Å². The SMILES string of the molecule is Cc1ccc(-c2nnc3c(Cl)cc(C(=O)O)cn23)cc1Cl. The van der Waals surface area contributed by atoms with Gasteiger partial charge in [0.2, 0.25) is 0 Å². The van der Waals surface area contributed by atoms with E-state index in [2.05, 4.69) is 10.2 Å². The highest BCUT2D eigenvalue weighted by Crippen LogP contribution is 2.27. The summed E-state index contributed by atoms with van der Waals surface area (Å²) in [5.74, 6) is -0.586. The van der Waals surface area contributed by atoms with Gasteiger partial charge in [-0.3, -0.25) is 4.40 Å². The number of carboxylic acids is 1. The first kappa shape index (κ1) is 13.9. The molecule has 0 saturated heterocycles. The third-order valence-electron chi connectivity index (χ3n) is 3.14. The lowest BCUT2D eigenvalue weighted by Gasteiger charge is -2.04. The number of carboxylic acid groups (broad SMARTS) is 1. The van der Waals surface area contributed by atoms with Crippen LogP contribution in [0.25, 0.3) is 17.0 Å². The summed E-state index contributed by atoms with van der Waals surface area (Å²) in [6.45, 7) is 1.90. The summed E-state index contributed by atoms with van der Waals surface area (Å²) < 4.78 is 1.55. The first-order chi connectivity index (χ1) is 9.97. The average molecular weight is 322 g/mol. The smallest absolute Gasteiger partial charge is 0.337 e. The van der Waals surface area contributed by atoms with Gasteiger partial charge in [-0.05, 0) is 24.6 Å². The fraction of sp³-hybridized carbons (Fsp3) is 0.0714. The quantitative estimate of drug-likeness (QED) is 0.781. The maximum absolute atomic E-state index is 11.1. The molecule has 0 unspecified atom stereocenters. The minimum Gasteiger partial charge on any atom is -0.478 e. The zero-order chi connectivity index (χ0) is 15.1. The number of rotatable bonds is 2. The number of hydrogen-bond donors (Lipinski definition) is 1. The van der Waals surface area contributed by atoms with E-state index in [1.807, 2.05) is 19.1 Å². The second-order valence-electron chi connectivity index (χ2n) is 4.56. The van der Waals surface area contributed by atoms with E-state index < -0.39 is 5.97 Å². The predicted octanol–water partition coefficient (Wildman–Crippen LogP) is 3.71. The van der Waals surface area contributed by atoms with Crippen molar-refractivity contribution in [2.45, 2.75) is 6.92 Å². The van der Waals surface area contributed by atoms with Gasteiger partial charge < -0.3 is 5.11 Å². The molecule has 1 N–H and O–H groups in total. The van der Waals surface area contributed by atoms with Gasteiger partial charge in [-0.15, -0.1) is 10.2 Å². The molecule has 3 aromatic rings. The first-order valence-electron chi connectivity index (χ1n) is 6.01. The molecule has 0 bridgehead atoms. The van der Waals surface area contributed by atoms with Crippen molar-refractivity contribution in [1.29, 1.82) is 0 Å². The second-order valence-corrected chi connectivity index (χ2v) is 5.38. The number of benzene rings is 1. The van der Waals surface area contributed by atoms with Gasteiger partial charge in [0.15, 0.2) is 11.5 Å². The zero-order valence-corrected chi connectivity index (χ0v) is 12.4. The number of fused-ring (bicyclic) bond motifs is 1. The molecule has 0 fully saturated rings. The van der Waals surface area contributed by atoms with Gasteiger partial charge in [0.1, 0.15) is 0 Å². The fourth-order valence-corrected chi connectivity index (χ4v) is 2.43. The van der Waals surface area contributed by atoms with Gasteiger partial charge in [0, 0.05) is 16.8 Å². The molecule has 2 heterocycles. The molecule has 0 saturated carbocycles. The van der Waals surface area contributed by atoms with E-state index >= 15 is 0 Å². The van der Waals surface area contributed by atoms with E-state index in [4.69, 9.17) is 28.3 Å². The van der Waals surface area contributed by atoms with Gasteiger partial charge in [-0.1, -0.05) is 35.3 Å². The van der Waals surface area contributed by atoms with E-state index in [-0.39, 0.29) is 10.6 Å². The molecule has 21 heavy (non-hydrogen) atoms. The summed E-state index contributed by atoms with van der Waals surface area (Å²) in [4.78, 5) is 11.1. The van der Waals surface area contributed by atoms with Crippen LogP contribution in [0.3, 0.4) is 0 Å². The van der Waals surface area contributed by atoms with E-state index in [1.165, 1.54) is 12.3 Å². The van der Waals surface area contributed by atoms with Crippen molar-refractivity contribution < 1.29 is 9.90 Å². The Morgan fingerprint density at radius 1 is 1.19 bits per heavy atom. The predicted molar refractivity (Wildman–Crippen MR) is 80.1 cm³/mol. The molecule has 7 heteroatoms. The van der Waals surface area contributed by atoms with Crippen LogP contribution < -0.4 is 0 Å². The molecule has 0 radical (unpaired) electrons. The fourth-order valence-electron chi connectivity index (χ4n) is 2.00. The van der Waals surface area contributed by atoms with Crippen LogP contribution >= 0.6 is 23.2 Å². The van der Waals surface area contributed by atoms with Crippen LogP contribution in [0.1, 0.15) is 15.9 Å². The summed E-state index contributed by atoms with van der Waals surface area (Å²) in [5.41, 5.74) is 2.13. The summed E-state index contributed by atoms with van der Waals surface area (Å²) in [7, 11) is 0. The van der Waals surface area contributed by atoms with Crippen LogP contribution in [-0.2, 0) is 0 Å². The number of carbonyl (C=O) groups is 1. The van der Waals surface area contributed by atoms with Crippen LogP contribution in [0.15, 0.2) is 30.5 Å². The van der Waals surface area contributed by atoms with E-state index in [0.29, 0.717) is 16.5 Å². The van der Waals surface area contributed by atoms with Gasteiger partial charge in [0.25, 0.3) is 0 Å². The van der Waals surface area contributed by atoms with Crippen LogP contribution in [0.2, 0.25) is 10.0 Å². The van der Waals surface area contributed by atoms with Crippen molar-refractivity contribution in [2.75, 3.05) is 0 Å². The van der Waals surface area contributed by atoms with Crippen LogP contribution in [0.5, 0.6) is 0 Å². The molecule has 0 aliphatic heterocycles. The highest BCUT2D eigenvalue weighted by molar-refractivity contribution is 6.33. The highest BCUT2D eigenvalue weighted by Gasteiger charge is 2.15. The van der Waals surface area contributed by atoms with Crippen molar-refractivity contribution in [3.63, 3.8) is 0 Å². The summed E-state index contributed by atoms with van der Waals surface area (Å²) >= 11 is 12.2. The summed E-state index contributed by atoms with van der Waals surface area (Å²) in [6, 6.07) is 6.81. The normalized spacial score (nSPS) is 11.0. The Hall–Kier alpha value is -2.11. The van der Waals surface area contributed by atoms with Crippen LogP contribution in [0.4, 0.5) is 0 Å². The van der Waals surface area contributed by atoms with Crippen molar-refractivity contribution in [1.82, 2.24) is 14.6 Å². The Morgan fingerprint density at radius 3 is 2.62 bits per heavy atom. The molecule has 0 spiro atoms. The van der Waals surface area contributed by atoms with Gasteiger partial charge >= 0.3 is 5.97 Å². The molecule has 5 nitrogen and oxygen atoms in total. The number of pyridine rings is 1. The molecule has 2 aromatic heterocycles. The minimum atomic E-state index is -1.07. The molecule has 0 aliphatic carbocycles. The van der Waals surface area contributed by atoms with Gasteiger partial charge in [-0.2, -0.15) is 0 Å². The lowest BCUT2D eigenvalue weighted by molar-refractivity contribution is 0.0696. The van der Waals surface area contributed by atoms with Crippen molar-refractivity contribution in [3.8, 4) is 11.4 Å². The maximum atomic E-state index is 11.1. The molecule has 106 valence electrons. The van der Waals surface area contributed by atoms with Crippen molar-refractivity contribution >= 4 is 34.8 Å². The lowest BCUT2D eigenvalue weighted by atomic mass is 10.1. The number of hydrogen-bond acceptors (Lipinski definition) is 3. The van der Waals surface area contributed by atoms with Crippen molar-refractivity contribution in [2.24, 2.45) is 0 Å². The Kier molecular flexibility index (Phi) is 3.31. The number of aromatic nitrogens is 3. The Morgan fingerprint density at radius 2 is 1.95 bits per heavy atom. The largest absolute Gasteiger partial charge is 0.478 e. The molecule has 1 aromatic carbocycles. The molecular formula is C14H9Cl2N3O2. The number of aryl methyl sites for hydroxylation is 1. The lowest BCUT2D eigenvalue weighted by Crippen LogP contribution is -2.00. The second kappa shape index (κ2) is 5.02. The third kappa shape index (κ3) is 2.34. The maximum Gasteiger partial charge on any atom is 0.337 e. The monoisotopic (exact) mass is 321 g/mol. The Labute approximate surface area is 129 Å². The average Bonchev–Trinajstić information content (AvgIpc) is 2.86. The molecule has 0 atom stereocenters. The molecule has 0 aliphatic rings. The molecule has 0 amide bonds. The van der Waals surface area contributed by atoms with E-state index in [9.17, 15) is 4.79 Å².